The van der Waals surface area contributed by atoms with E-state index < -0.39 is 0 Å². The molecule has 2 aliphatic heterocycles. The number of ether oxygens (including phenoxy) is 2. The summed E-state index contributed by atoms with van der Waals surface area (Å²) in [6.07, 6.45) is 2.91. The van der Waals surface area contributed by atoms with Crippen LogP contribution in [-0.2, 0) is 6.61 Å². The van der Waals surface area contributed by atoms with Crippen molar-refractivity contribution in [3.63, 3.8) is 0 Å². The van der Waals surface area contributed by atoms with Crippen molar-refractivity contribution < 1.29 is 9.47 Å². The van der Waals surface area contributed by atoms with Crippen LogP contribution in [-0.4, -0.2) is 59.4 Å². The highest BCUT2D eigenvalue weighted by Crippen LogP contribution is 2.39. The number of aromatic nitrogens is 3. The Labute approximate surface area is 189 Å². The van der Waals surface area contributed by atoms with Crippen LogP contribution >= 0.6 is 0 Å². The van der Waals surface area contributed by atoms with Crippen LogP contribution < -0.4 is 14.4 Å². The van der Waals surface area contributed by atoms with Gasteiger partial charge in [0.25, 0.3) is 0 Å². The van der Waals surface area contributed by atoms with Crippen LogP contribution in [0.3, 0.4) is 0 Å². The van der Waals surface area contributed by atoms with Crippen molar-refractivity contribution >= 4 is 5.82 Å². The zero-order chi connectivity index (χ0) is 22.2. The third-order valence-electron chi connectivity index (χ3n) is 6.66. The lowest BCUT2D eigenvalue weighted by molar-refractivity contribution is 0.209. The van der Waals surface area contributed by atoms with E-state index in [1.807, 2.05) is 6.07 Å². The lowest BCUT2D eigenvalue weighted by atomic mass is 9.95. The fraction of sp³-hybridized carbons (Fsp3) is 0.400. The standard InChI is InChI=1S/C25H29N5O2/c1-16(2)29(3)20-9-10-30(14-20)23-8-7-22-21-6-5-17(11-19(21)15-32-25(22)27-23)18-12-24(31-4)28-26-13-18/h5-8,11-13,16,20H,9-10,14-15H2,1-4H3. The summed E-state index contributed by atoms with van der Waals surface area (Å²) in [4.78, 5) is 9.71. The first-order chi connectivity index (χ1) is 15.5. The zero-order valence-corrected chi connectivity index (χ0v) is 19.1. The van der Waals surface area contributed by atoms with E-state index >= 15 is 0 Å². The molecule has 7 heteroatoms. The molecule has 0 N–H and O–H groups in total. The van der Waals surface area contributed by atoms with Gasteiger partial charge in [-0.25, -0.2) is 0 Å². The minimum Gasteiger partial charge on any atom is -0.480 e. The van der Waals surface area contributed by atoms with E-state index in [-0.39, 0.29) is 0 Å². The number of methoxy groups -OCH3 is 1. The van der Waals surface area contributed by atoms with Crippen LogP contribution in [0, 0.1) is 0 Å². The highest BCUT2D eigenvalue weighted by molar-refractivity contribution is 5.78. The molecule has 2 aliphatic rings. The largest absolute Gasteiger partial charge is 0.480 e. The van der Waals surface area contributed by atoms with E-state index in [0.717, 1.165) is 53.5 Å². The molecule has 1 saturated heterocycles. The Bertz CT molecular complexity index is 1130. The normalized spacial score (nSPS) is 17.3. The quantitative estimate of drug-likeness (QED) is 0.604. The molecule has 1 fully saturated rings. The Morgan fingerprint density at radius 1 is 1.12 bits per heavy atom. The van der Waals surface area contributed by atoms with Gasteiger partial charge in [-0.05, 0) is 62.2 Å². The van der Waals surface area contributed by atoms with Gasteiger partial charge in [0, 0.05) is 42.4 Å². The number of hydrogen-bond donors (Lipinski definition) is 0. The van der Waals surface area contributed by atoms with E-state index in [0.29, 0.717) is 24.6 Å². The maximum atomic E-state index is 6.10. The van der Waals surface area contributed by atoms with E-state index in [1.54, 1.807) is 13.3 Å². The molecule has 0 saturated carbocycles. The Morgan fingerprint density at radius 3 is 2.78 bits per heavy atom. The minimum absolute atomic E-state index is 0.501. The average Bonchev–Trinajstić information content (AvgIpc) is 3.33. The smallest absolute Gasteiger partial charge is 0.233 e. The molecular weight excluding hydrogens is 402 g/mol. The number of nitrogens with zero attached hydrogens (tertiary/aromatic N) is 5. The molecule has 0 spiro atoms. The number of hydrogen-bond acceptors (Lipinski definition) is 7. The van der Waals surface area contributed by atoms with Crippen molar-refractivity contribution in [2.45, 2.75) is 39.0 Å². The summed E-state index contributed by atoms with van der Waals surface area (Å²) >= 11 is 0. The molecule has 4 heterocycles. The molecule has 1 aromatic carbocycles. The van der Waals surface area contributed by atoms with Gasteiger partial charge in [-0.2, -0.15) is 10.1 Å². The lowest BCUT2D eigenvalue weighted by Crippen LogP contribution is -2.39. The van der Waals surface area contributed by atoms with Crippen molar-refractivity contribution in [1.82, 2.24) is 20.1 Å². The van der Waals surface area contributed by atoms with Gasteiger partial charge in [0.15, 0.2) is 0 Å². The van der Waals surface area contributed by atoms with Gasteiger partial charge in [-0.15, -0.1) is 5.10 Å². The Kier molecular flexibility index (Phi) is 5.43. The number of fused-ring (bicyclic) bond motifs is 3. The first-order valence-electron chi connectivity index (χ1n) is 11.1. The minimum atomic E-state index is 0.501. The molecule has 2 aromatic heterocycles. The molecule has 0 aliphatic carbocycles. The summed E-state index contributed by atoms with van der Waals surface area (Å²) in [5.41, 5.74) is 5.38. The summed E-state index contributed by atoms with van der Waals surface area (Å²) < 4.78 is 11.3. The highest BCUT2D eigenvalue weighted by Gasteiger charge is 2.29. The summed E-state index contributed by atoms with van der Waals surface area (Å²) in [5, 5.41) is 7.98. The SMILES string of the molecule is COc1cc(-c2ccc3c(c2)COc2nc(N4CCC(N(C)C(C)C)C4)ccc2-3)cnn1. The monoisotopic (exact) mass is 431 g/mol. The average molecular weight is 432 g/mol. The second kappa shape index (κ2) is 8.39. The van der Waals surface area contributed by atoms with Crippen molar-refractivity contribution in [2.24, 2.45) is 0 Å². The van der Waals surface area contributed by atoms with E-state index in [9.17, 15) is 0 Å². The molecule has 7 nitrogen and oxygen atoms in total. The van der Waals surface area contributed by atoms with E-state index in [2.05, 4.69) is 71.2 Å². The maximum absolute atomic E-state index is 6.10. The zero-order valence-electron chi connectivity index (χ0n) is 19.1. The molecule has 32 heavy (non-hydrogen) atoms. The first-order valence-corrected chi connectivity index (χ1v) is 11.1. The van der Waals surface area contributed by atoms with Gasteiger partial charge in [-0.3, -0.25) is 4.90 Å². The maximum Gasteiger partial charge on any atom is 0.233 e. The van der Waals surface area contributed by atoms with Gasteiger partial charge in [0.05, 0.1) is 13.3 Å². The van der Waals surface area contributed by atoms with Crippen molar-refractivity contribution in [1.29, 1.82) is 0 Å². The van der Waals surface area contributed by atoms with Gasteiger partial charge < -0.3 is 14.4 Å². The molecule has 1 unspecified atom stereocenters. The van der Waals surface area contributed by atoms with E-state index in [4.69, 9.17) is 14.5 Å². The molecule has 1 atom stereocenters. The highest BCUT2D eigenvalue weighted by atomic mass is 16.5. The number of pyridine rings is 1. The summed E-state index contributed by atoms with van der Waals surface area (Å²) in [6, 6.07) is 13.7. The van der Waals surface area contributed by atoms with Crippen molar-refractivity contribution in [3.05, 3.63) is 48.2 Å². The van der Waals surface area contributed by atoms with Crippen LogP contribution in [0.1, 0.15) is 25.8 Å². The third kappa shape index (κ3) is 3.77. The predicted octanol–water partition coefficient (Wildman–Crippen LogP) is 4.03. The van der Waals surface area contributed by atoms with Crippen molar-refractivity contribution in [2.75, 3.05) is 32.1 Å². The molecule has 0 amide bonds. The van der Waals surface area contributed by atoms with E-state index in [1.165, 1.54) is 5.56 Å². The first kappa shape index (κ1) is 20.7. The van der Waals surface area contributed by atoms with Gasteiger partial charge in [0.1, 0.15) is 12.4 Å². The summed E-state index contributed by atoms with van der Waals surface area (Å²) in [6.45, 7) is 7.03. The fourth-order valence-electron chi connectivity index (χ4n) is 4.53. The van der Waals surface area contributed by atoms with Gasteiger partial charge >= 0.3 is 0 Å². The van der Waals surface area contributed by atoms with Crippen molar-refractivity contribution in [3.8, 4) is 34.0 Å². The predicted molar refractivity (Wildman–Crippen MR) is 125 cm³/mol. The summed E-state index contributed by atoms with van der Waals surface area (Å²) in [5.74, 6) is 2.22. The number of benzene rings is 1. The number of likely N-dealkylation sites (N-methyl/N-ethyl adjacent to an activating group) is 1. The molecule has 0 radical (unpaired) electrons. The topological polar surface area (TPSA) is 63.6 Å². The molecule has 3 aromatic rings. The van der Waals surface area contributed by atoms with Crippen LogP contribution in [0.25, 0.3) is 22.3 Å². The molecular formula is C25H29N5O2. The number of anilines is 1. The Balaban J connectivity index is 1.39. The number of rotatable bonds is 5. The molecule has 0 bridgehead atoms. The lowest BCUT2D eigenvalue weighted by Gasteiger charge is -2.28. The van der Waals surface area contributed by atoms with Crippen LogP contribution in [0.5, 0.6) is 11.8 Å². The van der Waals surface area contributed by atoms with Crippen LogP contribution in [0.4, 0.5) is 5.82 Å². The molecule has 166 valence electrons. The van der Waals surface area contributed by atoms with Crippen LogP contribution in [0.15, 0.2) is 42.6 Å². The van der Waals surface area contributed by atoms with Crippen LogP contribution in [0.2, 0.25) is 0 Å². The van der Waals surface area contributed by atoms with Gasteiger partial charge in [-0.1, -0.05) is 12.1 Å². The summed E-state index contributed by atoms with van der Waals surface area (Å²) in [7, 11) is 3.81. The Hall–Kier alpha value is -3.19. The third-order valence-corrected chi connectivity index (χ3v) is 6.66. The second-order valence-electron chi connectivity index (χ2n) is 8.82. The second-order valence-corrected chi connectivity index (χ2v) is 8.82. The van der Waals surface area contributed by atoms with Gasteiger partial charge in [0.2, 0.25) is 11.8 Å². The Morgan fingerprint density at radius 2 is 1.97 bits per heavy atom. The fourth-order valence-corrected chi connectivity index (χ4v) is 4.53. The molecule has 5 rings (SSSR count).